The van der Waals surface area contributed by atoms with Gasteiger partial charge in [0.05, 0.1) is 7.11 Å². The van der Waals surface area contributed by atoms with Crippen LogP contribution in [0.3, 0.4) is 0 Å². The van der Waals surface area contributed by atoms with Crippen LogP contribution in [0.2, 0.25) is 5.02 Å². The highest BCUT2D eigenvalue weighted by molar-refractivity contribution is 6.30. The molecule has 3 amide bonds. The van der Waals surface area contributed by atoms with E-state index in [0.717, 1.165) is 24.2 Å². The predicted molar refractivity (Wildman–Crippen MR) is 98.4 cm³/mol. The quantitative estimate of drug-likeness (QED) is 0.613. The fourth-order valence-corrected chi connectivity index (χ4v) is 4.03. The van der Waals surface area contributed by atoms with E-state index < -0.39 is 24.1 Å². The molecule has 8 heteroatoms. The molecule has 1 aromatic carbocycles. The standard InChI is InChI=1S/C19H23ClN2O5/c1-12-5-3-4-8-19(12)17(24)22(18(25)21-19)10-16(23)27-11-13-9-14(20)6-7-15(13)26-2/h6-7,9,12H,3-5,8,10-11H2,1-2H3,(H,21,25)/t12-,19+/m0/s1. The van der Waals surface area contributed by atoms with Crippen molar-refractivity contribution in [2.24, 2.45) is 5.92 Å². The van der Waals surface area contributed by atoms with Gasteiger partial charge in [0, 0.05) is 10.6 Å². The zero-order valence-electron chi connectivity index (χ0n) is 15.4. The Kier molecular flexibility index (Phi) is 5.60. The van der Waals surface area contributed by atoms with Crippen molar-refractivity contribution in [1.29, 1.82) is 0 Å². The number of ether oxygens (including phenoxy) is 2. The van der Waals surface area contributed by atoms with Gasteiger partial charge in [0.15, 0.2) is 0 Å². The molecule has 0 unspecified atom stereocenters. The van der Waals surface area contributed by atoms with E-state index in [0.29, 0.717) is 22.8 Å². The number of nitrogens with zero attached hydrogens (tertiary/aromatic N) is 1. The minimum absolute atomic E-state index is 0.0412. The summed E-state index contributed by atoms with van der Waals surface area (Å²) in [6, 6.07) is 4.45. The van der Waals surface area contributed by atoms with Crippen molar-refractivity contribution >= 4 is 29.5 Å². The van der Waals surface area contributed by atoms with Crippen LogP contribution in [-0.2, 0) is 20.9 Å². The van der Waals surface area contributed by atoms with Gasteiger partial charge in [0.1, 0.15) is 24.4 Å². The average molecular weight is 395 g/mol. The van der Waals surface area contributed by atoms with Crippen LogP contribution >= 0.6 is 11.6 Å². The van der Waals surface area contributed by atoms with Crippen molar-refractivity contribution in [1.82, 2.24) is 10.2 Å². The summed E-state index contributed by atoms with van der Waals surface area (Å²) in [4.78, 5) is 38.4. The lowest BCUT2D eigenvalue weighted by Crippen LogP contribution is -2.54. The molecular weight excluding hydrogens is 372 g/mol. The average Bonchev–Trinajstić information content (AvgIpc) is 2.87. The Hall–Kier alpha value is -2.28. The topological polar surface area (TPSA) is 84.9 Å². The molecule has 146 valence electrons. The molecule has 1 N–H and O–H groups in total. The molecule has 1 aliphatic carbocycles. The summed E-state index contributed by atoms with van der Waals surface area (Å²) in [7, 11) is 1.51. The number of halogens is 1. The second-order valence-corrected chi connectivity index (χ2v) is 7.49. The zero-order valence-corrected chi connectivity index (χ0v) is 16.2. The lowest BCUT2D eigenvalue weighted by atomic mass is 9.73. The fourth-order valence-electron chi connectivity index (χ4n) is 3.83. The van der Waals surface area contributed by atoms with Crippen LogP contribution in [0, 0.1) is 5.92 Å². The molecule has 2 aliphatic rings. The SMILES string of the molecule is COc1ccc(Cl)cc1COC(=O)CN1C(=O)N[C@@]2(CCCC[C@@H]2C)C1=O. The van der Waals surface area contributed by atoms with Gasteiger partial charge in [-0.15, -0.1) is 0 Å². The molecule has 1 saturated carbocycles. The Morgan fingerprint density at radius 2 is 2.15 bits per heavy atom. The van der Waals surface area contributed by atoms with Gasteiger partial charge in [-0.25, -0.2) is 4.79 Å². The molecule has 1 saturated heterocycles. The van der Waals surface area contributed by atoms with Gasteiger partial charge in [0.2, 0.25) is 0 Å². The Morgan fingerprint density at radius 3 is 2.85 bits per heavy atom. The third-order valence-electron chi connectivity index (χ3n) is 5.42. The van der Waals surface area contributed by atoms with Gasteiger partial charge < -0.3 is 14.8 Å². The largest absolute Gasteiger partial charge is 0.496 e. The smallest absolute Gasteiger partial charge is 0.326 e. The van der Waals surface area contributed by atoms with Crippen LogP contribution in [0.15, 0.2) is 18.2 Å². The maximum absolute atomic E-state index is 12.9. The minimum atomic E-state index is -0.883. The number of methoxy groups -OCH3 is 1. The number of amides is 3. The Bertz CT molecular complexity index is 768. The molecular formula is C19H23ClN2O5. The van der Waals surface area contributed by atoms with Crippen LogP contribution in [-0.4, -0.2) is 42.0 Å². The highest BCUT2D eigenvalue weighted by Crippen LogP contribution is 2.38. The molecule has 27 heavy (non-hydrogen) atoms. The summed E-state index contributed by atoms with van der Waals surface area (Å²) >= 11 is 5.96. The molecule has 7 nitrogen and oxygen atoms in total. The van der Waals surface area contributed by atoms with Gasteiger partial charge in [-0.3, -0.25) is 14.5 Å². The predicted octanol–water partition coefficient (Wildman–Crippen LogP) is 2.89. The van der Waals surface area contributed by atoms with Crippen molar-refractivity contribution < 1.29 is 23.9 Å². The lowest BCUT2D eigenvalue weighted by Gasteiger charge is -2.36. The number of nitrogens with one attached hydrogen (secondary N) is 1. The zero-order chi connectivity index (χ0) is 19.6. The molecule has 1 aromatic rings. The Balaban J connectivity index is 1.64. The van der Waals surface area contributed by atoms with Gasteiger partial charge in [0.25, 0.3) is 5.91 Å². The number of carbonyl (C=O) groups is 3. The third kappa shape index (κ3) is 3.74. The molecule has 0 radical (unpaired) electrons. The number of urea groups is 1. The highest BCUT2D eigenvalue weighted by atomic mass is 35.5. The normalized spacial score (nSPS) is 24.9. The van der Waals surface area contributed by atoms with E-state index in [1.165, 1.54) is 7.11 Å². The van der Waals surface area contributed by atoms with Crippen LogP contribution in [0.4, 0.5) is 4.79 Å². The number of hydrogen-bond donors (Lipinski definition) is 1. The van der Waals surface area contributed by atoms with E-state index in [1.54, 1.807) is 18.2 Å². The summed E-state index contributed by atoms with van der Waals surface area (Å²) < 4.78 is 10.4. The number of esters is 1. The second-order valence-electron chi connectivity index (χ2n) is 7.06. The number of imide groups is 1. The number of benzene rings is 1. The molecule has 2 fully saturated rings. The third-order valence-corrected chi connectivity index (χ3v) is 5.65. The van der Waals surface area contributed by atoms with E-state index in [4.69, 9.17) is 21.1 Å². The van der Waals surface area contributed by atoms with E-state index >= 15 is 0 Å². The lowest BCUT2D eigenvalue weighted by molar-refractivity contribution is -0.149. The Morgan fingerprint density at radius 1 is 1.37 bits per heavy atom. The first kappa shape index (κ1) is 19.5. The van der Waals surface area contributed by atoms with Gasteiger partial charge >= 0.3 is 12.0 Å². The van der Waals surface area contributed by atoms with Crippen molar-refractivity contribution in [2.75, 3.05) is 13.7 Å². The van der Waals surface area contributed by atoms with E-state index in [-0.39, 0.29) is 18.4 Å². The first-order valence-electron chi connectivity index (χ1n) is 8.99. The second kappa shape index (κ2) is 7.76. The summed E-state index contributed by atoms with van der Waals surface area (Å²) in [6.07, 6.45) is 3.39. The van der Waals surface area contributed by atoms with Crippen molar-refractivity contribution in [2.45, 2.75) is 44.8 Å². The van der Waals surface area contributed by atoms with E-state index in [1.807, 2.05) is 6.92 Å². The molecule has 0 bridgehead atoms. The van der Waals surface area contributed by atoms with Crippen LogP contribution in [0.1, 0.15) is 38.2 Å². The molecule has 2 atom stereocenters. The van der Waals surface area contributed by atoms with Gasteiger partial charge in [-0.2, -0.15) is 0 Å². The van der Waals surface area contributed by atoms with Crippen LogP contribution in [0.5, 0.6) is 5.75 Å². The summed E-state index contributed by atoms with van der Waals surface area (Å²) in [6.45, 7) is 1.49. The van der Waals surface area contributed by atoms with E-state index in [2.05, 4.69) is 5.32 Å². The monoisotopic (exact) mass is 394 g/mol. The summed E-state index contributed by atoms with van der Waals surface area (Å²) in [5, 5.41) is 3.31. The number of carbonyl (C=O) groups excluding carboxylic acids is 3. The summed E-state index contributed by atoms with van der Waals surface area (Å²) in [5.41, 5.74) is -0.279. The maximum Gasteiger partial charge on any atom is 0.326 e. The van der Waals surface area contributed by atoms with Gasteiger partial charge in [-0.05, 0) is 37.0 Å². The van der Waals surface area contributed by atoms with Crippen molar-refractivity contribution in [3.8, 4) is 5.75 Å². The van der Waals surface area contributed by atoms with Crippen LogP contribution in [0.25, 0.3) is 0 Å². The molecule has 1 spiro atoms. The first-order valence-corrected chi connectivity index (χ1v) is 9.37. The number of rotatable bonds is 5. The molecule has 0 aromatic heterocycles. The summed E-state index contributed by atoms with van der Waals surface area (Å²) in [5.74, 6) is -0.422. The van der Waals surface area contributed by atoms with Crippen molar-refractivity contribution in [3.63, 3.8) is 0 Å². The molecule has 1 aliphatic heterocycles. The molecule has 3 rings (SSSR count). The van der Waals surface area contributed by atoms with Gasteiger partial charge in [-0.1, -0.05) is 31.4 Å². The maximum atomic E-state index is 12.9. The van der Waals surface area contributed by atoms with Crippen molar-refractivity contribution in [3.05, 3.63) is 28.8 Å². The highest BCUT2D eigenvalue weighted by Gasteiger charge is 2.55. The first-order chi connectivity index (χ1) is 12.9. The fraction of sp³-hybridized carbons (Fsp3) is 0.526. The van der Waals surface area contributed by atoms with Crippen LogP contribution < -0.4 is 10.1 Å². The number of hydrogen-bond acceptors (Lipinski definition) is 5. The minimum Gasteiger partial charge on any atom is -0.496 e. The molecule has 1 heterocycles. The van der Waals surface area contributed by atoms with E-state index in [9.17, 15) is 14.4 Å². The Labute approximate surface area is 162 Å².